The fourth-order valence-electron chi connectivity index (χ4n) is 2.92. The predicted octanol–water partition coefficient (Wildman–Crippen LogP) is 3.46. The zero-order valence-electron chi connectivity index (χ0n) is 12.2. The first-order chi connectivity index (χ1) is 9.04. The maximum absolute atomic E-state index is 10.2. The summed E-state index contributed by atoms with van der Waals surface area (Å²) in [4.78, 5) is 0. The van der Waals surface area contributed by atoms with Crippen molar-refractivity contribution in [3.8, 4) is 11.5 Å². The molecule has 1 saturated carbocycles. The van der Waals surface area contributed by atoms with Crippen molar-refractivity contribution in [1.29, 1.82) is 0 Å². The van der Waals surface area contributed by atoms with E-state index in [0.717, 1.165) is 5.56 Å². The normalized spacial score (nSPS) is 21.5. The number of hydrogen-bond acceptors (Lipinski definition) is 3. The number of hydrogen-bond donors (Lipinski definition) is 2. The van der Waals surface area contributed by atoms with Crippen LogP contribution in [0.15, 0.2) is 18.2 Å². The molecule has 1 aromatic rings. The predicted molar refractivity (Wildman–Crippen MR) is 77.5 cm³/mol. The van der Waals surface area contributed by atoms with E-state index in [0.29, 0.717) is 30.4 Å². The van der Waals surface area contributed by atoms with Crippen LogP contribution in [0.3, 0.4) is 0 Å². The summed E-state index contributed by atoms with van der Waals surface area (Å²) in [5.41, 5.74) is 1.27. The molecule has 0 aromatic heterocycles. The fraction of sp³-hybridized carbons (Fsp3) is 0.625. The summed E-state index contributed by atoms with van der Waals surface area (Å²) >= 11 is 0. The van der Waals surface area contributed by atoms with Gasteiger partial charge in [0.15, 0.2) is 11.5 Å². The van der Waals surface area contributed by atoms with Crippen LogP contribution in [-0.4, -0.2) is 17.8 Å². The average Bonchev–Trinajstić information content (AvgIpc) is 2.70. The smallest absolute Gasteiger partial charge is 0.162 e. The monoisotopic (exact) mass is 263 g/mol. The standard InChI is InChI=1S/C16H25NO2/c1-4-19-13-8-5-7-12(15(13)18)11-17-14-9-6-10-16(14,2)3/h5,7-8,14,17-18H,4,6,9-11H2,1-3H3. The van der Waals surface area contributed by atoms with Crippen LogP contribution in [-0.2, 0) is 6.54 Å². The summed E-state index contributed by atoms with van der Waals surface area (Å²) in [7, 11) is 0. The molecule has 3 nitrogen and oxygen atoms in total. The molecule has 0 spiro atoms. The Balaban J connectivity index is 2.01. The van der Waals surface area contributed by atoms with Crippen LogP contribution in [0.2, 0.25) is 0 Å². The van der Waals surface area contributed by atoms with Crippen molar-refractivity contribution in [2.24, 2.45) is 5.41 Å². The maximum atomic E-state index is 10.2. The largest absolute Gasteiger partial charge is 0.504 e. The number of nitrogens with one attached hydrogen (secondary N) is 1. The molecule has 1 unspecified atom stereocenters. The van der Waals surface area contributed by atoms with Crippen LogP contribution in [0.1, 0.15) is 45.6 Å². The molecule has 1 atom stereocenters. The zero-order chi connectivity index (χ0) is 13.9. The van der Waals surface area contributed by atoms with Gasteiger partial charge in [-0.1, -0.05) is 32.4 Å². The second-order valence-corrected chi connectivity index (χ2v) is 6.01. The third-order valence-electron chi connectivity index (χ3n) is 4.18. The van der Waals surface area contributed by atoms with E-state index < -0.39 is 0 Å². The Morgan fingerprint density at radius 3 is 2.84 bits per heavy atom. The van der Waals surface area contributed by atoms with Gasteiger partial charge in [-0.15, -0.1) is 0 Å². The van der Waals surface area contributed by atoms with Crippen molar-refractivity contribution >= 4 is 0 Å². The Hall–Kier alpha value is -1.22. The molecular weight excluding hydrogens is 238 g/mol. The molecule has 0 bridgehead atoms. The quantitative estimate of drug-likeness (QED) is 0.855. The van der Waals surface area contributed by atoms with Gasteiger partial charge in [0.05, 0.1) is 6.61 Å². The number of phenols is 1. The van der Waals surface area contributed by atoms with Gasteiger partial charge in [-0.25, -0.2) is 0 Å². The van der Waals surface area contributed by atoms with Crippen LogP contribution in [0, 0.1) is 5.41 Å². The zero-order valence-corrected chi connectivity index (χ0v) is 12.2. The van der Waals surface area contributed by atoms with E-state index in [2.05, 4.69) is 19.2 Å². The maximum Gasteiger partial charge on any atom is 0.162 e. The fourth-order valence-corrected chi connectivity index (χ4v) is 2.92. The molecule has 19 heavy (non-hydrogen) atoms. The molecular formula is C16H25NO2. The lowest BCUT2D eigenvalue weighted by atomic mass is 9.87. The first-order valence-electron chi connectivity index (χ1n) is 7.21. The summed E-state index contributed by atoms with van der Waals surface area (Å²) in [6.07, 6.45) is 3.78. The highest BCUT2D eigenvalue weighted by atomic mass is 16.5. The number of aromatic hydroxyl groups is 1. The van der Waals surface area contributed by atoms with Crippen molar-refractivity contribution in [3.05, 3.63) is 23.8 Å². The summed E-state index contributed by atoms with van der Waals surface area (Å²) < 4.78 is 5.41. The van der Waals surface area contributed by atoms with Gasteiger partial charge in [-0.2, -0.15) is 0 Å². The molecule has 0 aliphatic heterocycles. The Morgan fingerprint density at radius 2 is 2.21 bits per heavy atom. The molecule has 2 rings (SSSR count). The van der Waals surface area contributed by atoms with E-state index in [1.165, 1.54) is 19.3 Å². The van der Waals surface area contributed by atoms with Crippen molar-refractivity contribution in [3.63, 3.8) is 0 Å². The van der Waals surface area contributed by atoms with Crippen LogP contribution < -0.4 is 10.1 Å². The first kappa shape index (κ1) is 14.2. The van der Waals surface area contributed by atoms with Crippen LogP contribution in [0.4, 0.5) is 0 Å². The SMILES string of the molecule is CCOc1cccc(CNC2CCCC2(C)C)c1O. The van der Waals surface area contributed by atoms with E-state index in [9.17, 15) is 5.11 Å². The minimum Gasteiger partial charge on any atom is -0.504 e. The highest BCUT2D eigenvalue weighted by molar-refractivity contribution is 5.45. The van der Waals surface area contributed by atoms with Gasteiger partial charge >= 0.3 is 0 Å². The van der Waals surface area contributed by atoms with Gasteiger partial charge in [0.2, 0.25) is 0 Å². The number of para-hydroxylation sites is 1. The summed E-state index contributed by atoms with van der Waals surface area (Å²) in [5, 5.41) is 13.7. The summed E-state index contributed by atoms with van der Waals surface area (Å²) in [6, 6.07) is 6.22. The molecule has 0 saturated heterocycles. The molecule has 0 heterocycles. The molecule has 1 aliphatic rings. The third kappa shape index (κ3) is 3.21. The van der Waals surface area contributed by atoms with Crippen molar-refractivity contribution in [1.82, 2.24) is 5.32 Å². The Bertz CT molecular complexity index is 429. The van der Waals surface area contributed by atoms with E-state index in [-0.39, 0.29) is 5.75 Å². The van der Waals surface area contributed by atoms with Gasteiger partial charge in [-0.05, 0) is 31.2 Å². The number of benzene rings is 1. The van der Waals surface area contributed by atoms with E-state index in [4.69, 9.17) is 4.74 Å². The van der Waals surface area contributed by atoms with Crippen molar-refractivity contribution in [2.75, 3.05) is 6.61 Å². The molecule has 2 N–H and O–H groups in total. The van der Waals surface area contributed by atoms with Crippen molar-refractivity contribution in [2.45, 2.75) is 52.6 Å². The lowest BCUT2D eigenvalue weighted by Gasteiger charge is -2.28. The number of rotatable bonds is 5. The Labute approximate surface area is 116 Å². The van der Waals surface area contributed by atoms with Gasteiger partial charge in [0, 0.05) is 18.2 Å². The molecule has 1 aromatic carbocycles. The minimum atomic E-state index is 0.271. The molecule has 0 amide bonds. The van der Waals surface area contributed by atoms with Gasteiger partial charge < -0.3 is 15.2 Å². The molecule has 1 aliphatic carbocycles. The Morgan fingerprint density at radius 1 is 1.42 bits per heavy atom. The van der Waals surface area contributed by atoms with Gasteiger partial charge in [-0.3, -0.25) is 0 Å². The molecule has 106 valence electrons. The number of ether oxygens (including phenoxy) is 1. The summed E-state index contributed by atoms with van der Waals surface area (Å²) in [5.74, 6) is 0.847. The van der Waals surface area contributed by atoms with Crippen LogP contribution in [0.25, 0.3) is 0 Å². The van der Waals surface area contributed by atoms with Crippen LogP contribution >= 0.6 is 0 Å². The summed E-state index contributed by atoms with van der Waals surface area (Å²) in [6.45, 7) is 7.81. The molecule has 3 heteroatoms. The van der Waals surface area contributed by atoms with E-state index >= 15 is 0 Å². The highest BCUT2D eigenvalue weighted by Gasteiger charge is 2.33. The second-order valence-electron chi connectivity index (χ2n) is 6.01. The Kier molecular flexibility index (Phi) is 4.35. The molecule has 1 fully saturated rings. The van der Waals surface area contributed by atoms with Gasteiger partial charge in [0.1, 0.15) is 0 Å². The van der Waals surface area contributed by atoms with Crippen molar-refractivity contribution < 1.29 is 9.84 Å². The topological polar surface area (TPSA) is 41.5 Å². The average molecular weight is 263 g/mol. The first-order valence-corrected chi connectivity index (χ1v) is 7.21. The number of phenolic OH excluding ortho intramolecular Hbond substituents is 1. The second kappa shape index (κ2) is 5.83. The minimum absolute atomic E-state index is 0.271. The van der Waals surface area contributed by atoms with Gasteiger partial charge in [0.25, 0.3) is 0 Å². The molecule has 0 radical (unpaired) electrons. The van der Waals surface area contributed by atoms with E-state index in [1.54, 1.807) is 0 Å². The van der Waals surface area contributed by atoms with E-state index in [1.807, 2.05) is 25.1 Å². The third-order valence-corrected chi connectivity index (χ3v) is 4.18. The lowest BCUT2D eigenvalue weighted by Crippen LogP contribution is -2.37. The highest BCUT2D eigenvalue weighted by Crippen LogP contribution is 2.38. The lowest BCUT2D eigenvalue weighted by molar-refractivity contribution is 0.280. The van der Waals surface area contributed by atoms with Crippen LogP contribution in [0.5, 0.6) is 11.5 Å².